The maximum absolute atomic E-state index is 12.9. The van der Waals surface area contributed by atoms with E-state index in [1.807, 2.05) is 0 Å². The number of carboxylic acid groups (broad SMARTS) is 1. The van der Waals surface area contributed by atoms with Crippen LogP contribution in [0.4, 0.5) is 13.2 Å². The Kier molecular flexibility index (Phi) is 8.36. The van der Waals surface area contributed by atoms with Crippen molar-refractivity contribution in [2.45, 2.75) is 12.8 Å². The third-order valence-corrected chi connectivity index (χ3v) is 5.10. The van der Waals surface area contributed by atoms with Gasteiger partial charge in [0.2, 0.25) is 0 Å². The highest BCUT2D eigenvalue weighted by atomic mass is 32.2. The molecule has 11 heteroatoms. The molecule has 0 radical (unpaired) electrons. The van der Waals surface area contributed by atoms with Gasteiger partial charge in [0, 0.05) is 12.3 Å². The van der Waals surface area contributed by atoms with E-state index in [4.69, 9.17) is 14.3 Å². The van der Waals surface area contributed by atoms with Crippen LogP contribution in [-0.4, -0.2) is 35.3 Å². The SMILES string of the molecule is C=NN/C(=N\CSCC(=O)O)c1ccc(-c2cccc(OCc3cccc(C(F)(F)F)c3)c2)o1. The number of rotatable bonds is 10. The van der Waals surface area contributed by atoms with Gasteiger partial charge in [-0.3, -0.25) is 15.2 Å². The zero-order valence-corrected chi connectivity index (χ0v) is 18.5. The monoisotopic (exact) mass is 491 g/mol. The fourth-order valence-corrected chi connectivity index (χ4v) is 3.34. The first-order valence-electron chi connectivity index (χ1n) is 9.81. The van der Waals surface area contributed by atoms with Gasteiger partial charge >= 0.3 is 12.1 Å². The molecule has 3 rings (SSSR count). The van der Waals surface area contributed by atoms with E-state index >= 15 is 0 Å². The Bertz CT molecular complexity index is 1180. The summed E-state index contributed by atoms with van der Waals surface area (Å²) in [5.74, 6) is 0.763. The summed E-state index contributed by atoms with van der Waals surface area (Å²) in [4.78, 5) is 14.9. The van der Waals surface area contributed by atoms with Gasteiger partial charge < -0.3 is 14.3 Å². The number of halogens is 3. The molecule has 178 valence electrons. The first kappa shape index (κ1) is 24.9. The summed E-state index contributed by atoms with van der Waals surface area (Å²) in [6.45, 7) is 3.33. The van der Waals surface area contributed by atoms with Gasteiger partial charge in [0.1, 0.15) is 18.1 Å². The Morgan fingerprint density at radius 2 is 1.94 bits per heavy atom. The van der Waals surface area contributed by atoms with Gasteiger partial charge in [0.15, 0.2) is 11.6 Å². The number of hydrogen-bond acceptors (Lipinski definition) is 6. The van der Waals surface area contributed by atoms with Gasteiger partial charge in [-0.05, 0) is 42.0 Å². The molecule has 0 spiro atoms. The van der Waals surface area contributed by atoms with Gasteiger partial charge in [-0.15, -0.1) is 11.8 Å². The van der Waals surface area contributed by atoms with E-state index in [2.05, 4.69) is 22.2 Å². The average Bonchev–Trinajstić information content (AvgIpc) is 3.30. The molecule has 0 saturated carbocycles. The van der Waals surface area contributed by atoms with Crippen molar-refractivity contribution in [3.8, 4) is 17.1 Å². The van der Waals surface area contributed by atoms with E-state index in [-0.39, 0.29) is 24.1 Å². The number of alkyl halides is 3. The second-order valence-electron chi connectivity index (χ2n) is 6.83. The molecule has 0 saturated heterocycles. The predicted octanol–water partition coefficient (Wildman–Crippen LogP) is 5.27. The molecule has 0 bridgehead atoms. The molecule has 0 amide bonds. The summed E-state index contributed by atoms with van der Waals surface area (Å²) in [5, 5.41) is 12.3. The number of hydrazone groups is 1. The number of aliphatic imine (C=N–C) groups is 1. The molecule has 0 aliphatic heterocycles. The van der Waals surface area contributed by atoms with Crippen LogP contribution in [0.15, 0.2) is 75.2 Å². The molecule has 0 unspecified atom stereocenters. The molecule has 1 aromatic heterocycles. The van der Waals surface area contributed by atoms with Crippen LogP contribution in [-0.2, 0) is 17.6 Å². The number of nitrogens with zero attached hydrogens (tertiary/aromatic N) is 2. The van der Waals surface area contributed by atoms with Crippen molar-refractivity contribution in [1.29, 1.82) is 0 Å². The first-order valence-corrected chi connectivity index (χ1v) is 11.0. The zero-order valence-electron chi connectivity index (χ0n) is 17.7. The number of amidine groups is 1. The lowest BCUT2D eigenvalue weighted by Gasteiger charge is -2.10. The molecule has 1 heterocycles. The van der Waals surface area contributed by atoms with Crippen LogP contribution in [0.3, 0.4) is 0 Å². The van der Waals surface area contributed by atoms with Crippen molar-refractivity contribution in [2.75, 3.05) is 11.6 Å². The normalized spacial score (nSPS) is 11.8. The van der Waals surface area contributed by atoms with Crippen LogP contribution in [0.2, 0.25) is 0 Å². The molecule has 0 fully saturated rings. The third-order valence-electron chi connectivity index (χ3n) is 4.34. The molecule has 2 aromatic carbocycles. The Morgan fingerprint density at radius 3 is 2.68 bits per heavy atom. The van der Waals surface area contributed by atoms with Crippen LogP contribution in [0.25, 0.3) is 11.3 Å². The Hall–Kier alpha value is -3.73. The van der Waals surface area contributed by atoms with E-state index in [1.165, 1.54) is 6.07 Å². The number of nitrogens with one attached hydrogen (secondary N) is 1. The molecule has 3 aromatic rings. The van der Waals surface area contributed by atoms with Crippen LogP contribution in [0, 0.1) is 0 Å². The molecule has 0 atom stereocenters. The van der Waals surface area contributed by atoms with Crippen LogP contribution >= 0.6 is 11.8 Å². The van der Waals surface area contributed by atoms with E-state index in [0.717, 1.165) is 23.9 Å². The molecular formula is C23H20F3N3O4S. The number of aliphatic carboxylic acids is 1. The lowest BCUT2D eigenvalue weighted by Crippen LogP contribution is -2.18. The summed E-state index contributed by atoms with van der Waals surface area (Å²) in [7, 11) is 0. The molecule has 34 heavy (non-hydrogen) atoms. The third kappa shape index (κ3) is 7.14. The van der Waals surface area contributed by atoms with Gasteiger partial charge in [0.05, 0.1) is 17.2 Å². The topological polar surface area (TPSA) is 96.4 Å². The number of furan rings is 1. The van der Waals surface area contributed by atoms with Crippen LogP contribution < -0.4 is 10.2 Å². The van der Waals surface area contributed by atoms with E-state index in [1.54, 1.807) is 42.5 Å². The summed E-state index contributed by atoms with van der Waals surface area (Å²) >= 11 is 1.11. The summed E-state index contributed by atoms with van der Waals surface area (Å²) in [6, 6.07) is 15.3. The average molecular weight is 491 g/mol. The van der Waals surface area contributed by atoms with E-state index in [0.29, 0.717) is 28.4 Å². The number of hydrogen-bond donors (Lipinski definition) is 2. The van der Waals surface area contributed by atoms with Crippen molar-refractivity contribution in [2.24, 2.45) is 10.1 Å². The smallest absolute Gasteiger partial charge is 0.416 e. The minimum Gasteiger partial charge on any atom is -0.489 e. The van der Waals surface area contributed by atoms with Crippen molar-refractivity contribution in [1.82, 2.24) is 5.43 Å². The van der Waals surface area contributed by atoms with E-state index < -0.39 is 17.7 Å². The van der Waals surface area contributed by atoms with Gasteiger partial charge in [-0.2, -0.15) is 18.3 Å². The number of carbonyl (C=O) groups is 1. The second-order valence-corrected chi connectivity index (χ2v) is 7.78. The lowest BCUT2D eigenvalue weighted by molar-refractivity contribution is -0.137. The Morgan fingerprint density at radius 1 is 1.15 bits per heavy atom. The highest BCUT2D eigenvalue weighted by Gasteiger charge is 2.30. The molecule has 0 aliphatic carbocycles. The van der Waals surface area contributed by atoms with Gasteiger partial charge in [-0.25, -0.2) is 0 Å². The van der Waals surface area contributed by atoms with Crippen molar-refractivity contribution in [3.05, 3.63) is 77.6 Å². The maximum atomic E-state index is 12.9. The quantitative estimate of drug-likeness (QED) is 0.174. The maximum Gasteiger partial charge on any atom is 0.416 e. The Labute approximate surface area is 197 Å². The number of benzene rings is 2. The Balaban J connectivity index is 1.70. The molecule has 0 aliphatic rings. The predicted molar refractivity (Wildman–Crippen MR) is 124 cm³/mol. The minimum atomic E-state index is -4.42. The van der Waals surface area contributed by atoms with Gasteiger partial charge in [-0.1, -0.05) is 24.3 Å². The molecule has 7 nitrogen and oxygen atoms in total. The summed E-state index contributed by atoms with van der Waals surface area (Å²) in [6.07, 6.45) is -4.42. The van der Waals surface area contributed by atoms with Crippen molar-refractivity contribution >= 4 is 30.3 Å². The molecular weight excluding hydrogens is 471 g/mol. The highest BCUT2D eigenvalue weighted by Crippen LogP contribution is 2.30. The van der Waals surface area contributed by atoms with E-state index in [9.17, 15) is 18.0 Å². The number of ether oxygens (including phenoxy) is 1. The van der Waals surface area contributed by atoms with Crippen LogP contribution in [0.5, 0.6) is 5.75 Å². The van der Waals surface area contributed by atoms with Crippen molar-refractivity contribution < 1.29 is 32.2 Å². The number of carboxylic acids is 1. The fourth-order valence-electron chi connectivity index (χ4n) is 2.85. The standard InChI is InChI=1S/C23H20F3N3O4S/c1-27-29-22(28-14-34-13-21(30)31)20-9-8-19(33-20)16-5-3-7-18(11-16)32-12-15-4-2-6-17(10-15)23(24,25)26/h2-11H,1,12-14H2,(H,28,29)(H,30,31). The molecule has 2 N–H and O–H groups in total. The lowest BCUT2D eigenvalue weighted by atomic mass is 10.1. The first-order chi connectivity index (χ1) is 16.3. The largest absolute Gasteiger partial charge is 0.489 e. The van der Waals surface area contributed by atoms with Crippen molar-refractivity contribution in [3.63, 3.8) is 0 Å². The van der Waals surface area contributed by atoms with Crippen LogP contribution in [0.1, 0.15) is 16.9 Å². The second kappa shape index (κ2) is 11.4. The zero-order chi connectivity index (χ0) is 24.6. The number of thioether (sulfide) groups is 1. The fraction of sp³-hybridized carbons (Fsp3) is 0.174. The van der Waals surface area contributed by atoms with Gasteiger partial charge in [0.25, 0.3) is 0 Å². The summed E-state index contributed by atoms with van der Waals surface area (Å²) in [5.41, 5.74) is 2.96. The minimum absolute atomic E-state index is 0.0312. The highest BCUT2D eigenvalue weighted by molar-refractivity contribution is 7.99. The summed E-state index contributed by atoms with van der Waals surface area (Å²) < 4.78 is 50.2.